The van der Waals surface area contributed by atoms with Crippen LogP contribution in [-0.4, -0.2) is 18.9 Å². The quantitative estimate of drug-likeness (QED) is 0.786. The molecule has 2 rings (SSSR count). The lowest BCUT2D eigenvalue weighted by molar-refractivity contribution is -0.119. The van der Waals surface area contributed by atoms with Crippen molar-refractivity contribution in [1.82, 2.24) is 0 Å². The number of nitrogens with zero attached hydrogens (tertiary/aromatic N) is 1. The second-order valence-corrected chi connectivity index (χ2v) is 3.82. The molecule has 4 heteroatoms. The van der Waals surface area contributed by atoms with Crippen LogP contribution in [0.1, 0.15) is 19.3 Å². The summed E-state index contributed by atoms with van der Waals surface area (Å²) >= 11 is 0. The number of hydrogen-bond acceptors (Lipinski definition) is 2. The lowest BCUT2D eigenvalue weighted by Gasteiger charge is -2.27. The Morgan fingerprint density at radius 1 is 1.31 bits per heavy atom. The van der Waals surface area contributed by atoms with Crippen molar-refractivity contribution in [2.24, 2.45) is 0 Å². The molecule has 1 aromatic carbocycles. The van der Waals surface area contributed by atoms with Gasteiger partial charge in [-0.1, -0.05) is 6.07 Å². The number of carbonyl (C=O) groups excluding carboxylic acids is 2. The molecule has 0 saturated carbocycles. The molecule has 0 radical (unpaired) electrons. The van der Waals surface area contributed by atoms with Gasteiger partial charge in [-0.3, -0.25) is 9.59 Å². The first kappa shape index (κ1) is 10.7. The van der Waals surface area contributed by atoms with Gasteiger partial charge < -0.3 is 10.2 Å². The largest absolute Gasteiger partial charge is 0.329 e. The lowest BCUT2D eigenvalue weighted by Crippen LogP contribution is -2.35. The first-order chi connectivity index (χ1) is 7.81. The van der Waals surface area contributed by atoms with Gasteiger partial charge in [0.25, 0.3) is 0 Å². The molecule has 1 aliphatic heterocycles. The normalized spacial score (nSPS) is 16.0. The number of nitrogens with one attached hydrogen (secondary N) is 1. The fourth-order valence-electron chi connectivity index (χ4n) is 1.91. The smallest absolute Gasteiger partial charge is 0.226 e. The predicted octanol–water partition coefficient (Wildman–Crippen LogP) is 1.77. The zero-order chi connectivity index (χ0) is 11.4. The Labute approximate surface area is 94.2 Å². The maximum atomic E-state index is 11.7. The summed E-state index contributed by atoms with van der Waals surface area (Å²) in [5, 5.41) is 2.58. The highest BCUT2D eigenvalue weighted by Crippen LogP contribution is 2.23. The molecule has 4 nitrogen and oxygen atoms in total. The highest BCUT2D eigenvalue weighted by Gasteiger charge is 2.19. The van der Waals surface area contributed by atoms with Crippen LogP contribution in [0, 0.1) is 0 Å². The third-order valence-electron chi connectivity index (χ3n) is 2.71. The van der Waals surface area contributed by atoms with Gasteiger partial charge in [-0.15, -0.1) is 0 Å². The van der Waals surface area contributed by atoms with E-state index in [1.54, 1.807) is 11.0 Å². The average Bonchev–Trinajstić information content (AvgIpc) is 2.30. The summed E-state index contributed by atoms with van der Waals surface area (Å²) in [5.41, 5.74) is 1.57. The SMILES string of the molecule is O=CNc1cccc(N2CCCCC2=O)c1. The molecule has 0 spiro atoms. The Hall–Kier alpha value is -1.84. The van der Waals surface area contributed by atoms with Crippen molar-refractivity contribution >= 4 is 23.7 Å². The third kappa shape index (κ3) is 2.21. The number of hydrogen-bond donors (Lipinski definition) is 1. The van der Waals surface area contributed by atoms with Gasteiger partial charge in [-0.05, 0) is 31.0 Å². The monoisotopic (exact) mass is 218 g/mol. The Balaban J connectivity index is 2.21. The summed E-state index contributed by atoms with van der Waals surface area (Å²) in [5.74, 6) is 0.162. The van der Waals surface area contributed by atoms with Crippen molar-refractivity contribution in [1.29, 1.82) is 0 Å². The maximum Gasteiger partial charge on any atom is 0.226 e. The van der Waals surface area contributed by atoms with Crippen molar-refractivity contribution < 1.29 is 9.59 Å². The van der Waals surface area contributed by atoms with Gasteiger partial charge in [0.2, 0.25) is 12.3 Å². The second kappa shape index (κ2) is 4.79. The highest BCUT2D eigenvalue weighted by molar-refractivity contribution is 5.94. The summed E-state index contributed by atoms with van der Waals surface area (Å²) < 4.78 is 0. The molecule has 0 bridgehead atoms. The molecule has 84 valence electrons. The van der Waals surface area contributed by atoms with Crippen LogP contribution in [0.2, 0.25) is 0 Å². The van der Waals surface area contributed by atoms with Gasteiger partial charge in [0.05, 0.1) is 0 Å². The van der Waals surface area contributed by atoms with Crippen LogP contribution in [0.3, 0.4) is 0 Å². The van der Waals surface area contributed by atoms with E-state index in [-0.39, 0.29) is 5.91 Å². The van der Waals surface area contributed by atoms with Crippen LogP contribution in [0.15, 0.2) is 24.3 Å². The number of rotatable bonds is 3. The van der Waals surface area contributed by atoms with Crippen LogP contribution in [0.25, 0.3) is 0 Å². The van der Waals surface area contributed by atoms with Crippen molar-refractivity contribution in [2.75, 3.05) is 16.8 Å². The van der Waals surface area contributed by atoms with Crippen molar-refractivity contribution in [3.8, 4) is 0 Å². The summed E-state index contributed by atoms with van der Waals surface area (Å²) in [4.78, 5) is 23.8. The molecule has 1 saturated heterocycles. The molecule has 1 fully saturated rings. The summed E-state index contributed by atoms with van der Waals surface area (Å²) in [6.07, 6.45) is 3.27. The molecule has 1 aromatic rings. The van der Waals surface area contributed by atoms with Crippen LogP contribution >= 0.6 is 0 Å². The first-order valence-electron chi connectivity index (χ1n) is 5.42. The summed E-state index contributed by atoms with van der Waals surface area (Å²) in [7, 11) is 0. The lowest BCUT2D eigenvalue weighted by atomic mass is 10.1. The molecule has 1 heterocycles. The van der Waals surface area contributed by atoms with Gasteiger partial charge >= 0.3 is 0 Å². The fourth-order valence-corrected chi connectivity index (χ4v) is 1.91. The number of amides is 2. The van der Waals surface area contributed by atoms with Crippen LogP contribution < -0.4 is 10.2 Å². The predicted molar refractivity (Wildman–Crippen MR) is 62.3 cm³/mol. The molecule has 1 aliphatic rings. The summed E-state index contributed by atoms with van der Waals surface area (Å²) in [6.45, 7) is 0.767. The van der Waals surface area contributed by atoms with E-state index < -0.39 is 0 Å². The minimum atomic E-state index is 0.162. The molecule has 0 aromatic heterocycles. The Bertz CT molecular complexity index is 404. The van der Waals surface area contributed by atoms with E-state index in [1.807, 2.05) is 18.2 Å². The number of anilines is 2. The second-order valence-electron chi connectivity index (χ2n) is 3.82. The van der Waals surface area contributed by atoms with Crippen molar-refractivity contribution in [3.05, 3.63) is 24.3 Å². The number of benzene rings is 1. The summed E-state index contributed by atoms with van der Waals surface area (Å²) in [6, 6.07) is 7.34. The number of carbonyl (C=O) groups is 2. The van der Waals surface area contributed by atoms with E-state index in [0.29, 0.717) is 18.5 Å². The van der Waals surface area contributed by atoms with Crippen LogP contribution in [0.4, 0.5) is 11.4 Å². The average molecular weight is 218 g/mol. The van der Waals surface area contributed by atoms with E-state index in [0.717, 1.165) is 25.1 Å². The third-order valence-corrected chi connectivity index (χ3v) is 2.71. The van der Waals surface area contributed by atoms with Gasteiger partial charge in [-0.25, -0.2) is 0 Å². The Morgan fingerprint density at radius 3 is 2.94 bits per heavy atom. The topological polar surface area (TPSA) is 49.4 Å². The molecule has 0 aliphatic carbocycles. The number of piperidine rings is 1. The molecule has 1 N–H and O–H groups in total. The Kier molecular flexibility index (Phi) is 3.19. The van der Waals surface area contributed by atoms with Crippen LogP contribution in [-0.2, 0) is 9.59 Å². The van der Waals surface area contributed by atoms with Crippen LogP contribution in [0.5, 0.6) is 0 Å². The van der Waals surface area contributed by atoms with Crippen molar-refractivity contribution in [3.63, 3.8) is 0 Å². The van der Waals surface area contributed by atoms with E-state index in [4.69, 9.17) is 0 Å². The zero-order valence-corrected chi connectivity index (χ0v) is 8.98. The Morgan fingerprint density at radius 2 is 2.19 bits per heavy atom. The molecular formula is C12H14N2O2. The van der Waals surface area contributed by atoms with Gasteiger partial charge in [0.15, 0.2) is 0 Å². The van der Waals surface area contributed by atoms with Gasteiger partial charge in [0, 0.05) is 24.3 Å². The maximum absolute atomic E-state index is 11.7. The molecule has 16 heavy (non-hydrogen) atoms. The minimum Gasteiger partial charge on any atom is -0.329 e. The van der Waals surface area contributed by atoms with E-state index >= 15 is 0 Å². The molecule has 2 amide bonds. The van der Waals surface area contributed by atoms with E-state index in [1.165, 1.54) is 0 Å². The standard InChI is InChI=1S/C12H14N2O2/c15-9-13-10-4-3-5-11(8-10)14-7-2-1-6-12(14)16/h3-5,8-9H,1-2,6-7H2,(H,13,15). The molecule has 0 unspecified atom stereocenters. The minimum absolute atomic E-state index is 0.162. The molecular weight excluding hydrogens is 204 g/mol. The van der Waals surface area contributed by atoms with E-state index in [9.17, 15) is 9.59 Å². The van der Waals surface area contributed by atoms with Gasteiger partial charge in [-0.2, -0.15) is 0 Å². The van der Waals surface area contributed by atoms with Gasteiger partial charge in [0.1, 0.15) is 0 Å². The fraction of sp³-hybridized carbons (Fsp3) is 0.333. The molecule has 0 atom stereocenters. The van der Waals surface area contributed by atoms with E-state index in [2.05, 4.69) is 5.32 Å². The first-order valence-corrected chi connectivity index (χ1v) is 5.42. The van der Waals surface area contributed by atoms with Crippen molar-refractivity contribution in [2.45, 2.75) is 19.3 Å². The zero-order valence-electron chi connectivity index (χ0n) is 8.98. The highest BCUT2D eigenvalue weighted by atomic mass is 16.2.